The molecule has 0 aliphatic carbocycles. The van der Waals surface area contributed by atoms with Crippen molar-refractivity contribution in [1.82, 2.24) is 5.48 Å². The third-order valence-electron chi connectivity index (χ3n) is 2.15. The van der Waals surface area contributed by atoms with Gasteiger partial charge in [-0.05, 0) is 37.1 Å². The molecular weight excluding hydrogens is 192 g/mol. The Kier molecular flexibility index (Phi) is 4.27. The molecule has 0 aromatic heterocycles. The molecule has 0 saturated carbocycles. The van der Waals surface area contributed by atoms with Crippen molar-refractivity contribution >= 4 is 5.91 Å². The summed E-state index contributed by atoms with van der Waals surface area (Å²) >= 11 is 0. The number of aryl methyl sites for hydroxylation is 2. The molecule has 82 valence electrons. The number of nitrogens with two attached hydrogens (primary N) is 1. The van der Waals surface area contributed by atoms with Gasteiger partial charge >= 0.3 is 0 Å². The van der Waals surface area contributed by atoms with Crippen molar-refractivity contribution in [3.05, 3.63) is 34.9 Å². The van der Waals surface area contributed by atoms with E-state index < -0.39 is 0 Å². The Hall–Kier alpha value is -1.39. The van der Waals surface area contributed by atoms with E-state index in [9.17, 15) is 4.79 Å². The molecule has 0 radical (unpaired) electrons. The molecule has 0 atom stereocenters. The van der Waals surface area contributed by atoms with E-state index in [1.165, 1.54) is 0 Å². The number of hydrogen-bond acceptors (Lipinski definition) is 3. The number of amides is 1. The molecule has 0 spiro atoms. The van der Waals surface area contributed by atoms with Crippen LogP contribution in [0.3, 0.4) is 0 Å². The Morgan fingerprint density at radius 1 is 1.40 bits per heavy atom. The normalized spacial score (nSPS) is 10.1. The first-order valence-electron chi connectivity index (χ1n) is 4.84. The van der Waals surface area contributed by atoms with Crippen molar-refractivity contribution in [2.75, 3.05) is 13.2 Å². The van der Waals surface area contributed by atoms with Crippen LogP contribution in [0.2, 0.25) is 0 Å². The van der Waals surface area contributed by atoms with Gasteiger partial charge in [0.05, 0.1) is 6.61 Å². The van der Waals surface area contributed by atoms with Gasteiger partial charge in [0.15, 0.2) is 0 Å². The highest BCUT2D eigenvalue weighted by Crippen LogP contribution is 2.09. The van der Waals surface area contributed by atoms with Gasteiger partial charge in [0.2, 0.25) is 0 Å². The first-order valence-corrected chi connectivity index (χ1v) is 4.84. The molecule has 0 aliphatic heterocycles. The molecule has 0 heterocycles. The van der Waals surface area contributed by atoms with E-state index in [0.29, 0.717) is 18.7 Å². The number of rotatable bonds is 4. The summed E-state index contributed by atoms with van der Waals surface area (Å²) in [6.07, 6.45) is 0. The number of nitrogens with one attached hydrogen (secondary N) is 1. The minimum absolute atomic E-state index is 0.244. The second-order valence-electron chi connectivity index (χ2n) is 3.37. The molecule has 3 N–H and O–H groups in total. The molecule has 1 rings (SSSR count). The lowest BCUT2D eigenvalue weighted by Crippen LogP contribution is -2.26. The summed E-state index contributed by atoms with van der Waals surface area (Å²) in [5.74, 6) is -0.244. The van der Waals surface area contributed by atoms with Gasteiger partial charge < -0.3 is 5.73 Å². The van der Waals surface area contributed by atoms with Crippen molar-refractivity contribution in [3.63, 3.8) is 0 Å². The minimum atomic E-state index is -0.244. The summed E-state index contributed by atoms with van der Waals surface area (Å²) in [7, 11) is 0. The lowest BCUT2D eigenvalue weighted by Gasteiger charge is -2.06. The highest BCUT2D eigenvalue weighted by Gasteiger charge is 2.05. The molecule has 0 aliphatic rings. The van der Waals surface area contributed by atoms with E-state index in [0.717, 1.165) is 11.1 Å². The van der Waals surface area contributed by atoms with Gasteiger partial charge in [0, 0.05) is 12.1 Å². The molecule has 1 aromatic rings. The van der Waals surface area contributed by atoms with Crippen molar-refractivity contribution in [3.8, 4) is 0 Å². The third-order valence-corrected chi connectivity index (χ3v) is 2.15. The molecule has 0 fully saturated rings. The molecule has 4 heteroatoms. The predicted octanol–water partition coefficient (Wildman–Crippen LogP) is 0.924. The monoisotopic (exact) mass is 208 g/mol. The largest absolute Gasteiger partial charge is 0.328 e. The first-order chi connectivity index (χ1) is 7.15. The zero-order chi connectivity index (χ0) is 11.3. The summed E-state index contributed by atoms with van der Waals surface area (Å²) < 4.78 is 0. The lowest BCUT2D eigenvalue weighted by atomic mass is 10.1. The van der Waals surface area contributed by atoms with E-state index in [1.54, 1.807) is 6.07 Å². The molecule has 15 heavy (non-hydrogen) atoms. The average molecular weight is 208 g/mol. The van der Waals surface area contributed by atoms with Crippen LogP contribution in [0.25, 0.3) is 0 Å². The van der Waals surface area contributed by atoms with Crippen LogP contribution >= 0.6 is 0 Å². The maximum atomic E-state index is 11.5. The van der Waals surface area contributed by atoms with E-state index >= 15 is 0 Å². The fraction of sp³-hybridized carbons (Fsp3) is 0.364. The van der Waals surface area contributed by atoms with Crippen molar-refractivity contribution in [2.24, 2.45) is 5.73 Å². The van der Waals surface area contributed by atoms with E-state index in [2.05, 4.69) is 5.48 Å². The second-order valence-corrected chi connectivity index (χ2v) is 3.37. The zero-order valence-electron chi connectivity index (χ0n) is 9.04. The topological polar surface area (TPSA) is 64.3 Å². The lowest BCUT2D eigenvalue weighted by molar-refractivity contribution is 0.0343. The molecule has 0 saturated heterocycles. The van der Waals surface area contributed by atoms with Gasteiger partial charge in [-0.2, -0.15) is 0 Å². The minimum Gasteiger partial charge on any atom is -0.328 e. The fourth-order valence-electron chi connectivity index (χ4n) is 1.12. The fourth-order valence-corrected chi connectivity index (χ4v) is 1.12. The summed E-state index contributed by atoms with van der Waals surface area (Å²) in [6, 6.07) is 5.51. The number of hydrogen-bond donors (Lipinski definition) is 2. The van der Waals surface area contributed by atoms with Crippen LogP contribution in [0.4, 0.5) is 0 Å². The standard InChI is InChI=1S/C11H16N2O2/c1-8-3-4-10(7-9(8)2)11(14)13-15-6-5-12/h3-4,7H,5-6,12H2,1-2H3,(H,13,14). The molecule has 0 bridgehead atoms. The zero-order valence-corrected chi connectivity index (χ0v) is 9.04. The second kappa shape index (κ2) is 5.48. The van der Waals surface area contributed by atoms with Gasteiger partial charge in [-0.3, -0.25) is 9.63 Å². The Morgan fingerprint density at radius 3 is 2.73 bits per heavy atom. The SMILES string of the molecule is Cc1ccc(C(=O)NOCCN)cc1C. The molecule has 0 unspecified atom stereocenters. The smallest absolute Gasteiger partial charge is 0.274 e. The number of benzene rings is 1. The van der Waals surface area contributed by atoms with Crippen LogP contribution in [0.15, 0.2) is 18.2 Å². The van der Waals surface area contributed by atoms with Crippen molar-refractivity contribution in [1.29, 1.82) is 0 Å². The van der Waals surface area contributed by atoms with Gasteiger partial charge in [-0.25, -0.2) is 5.48 Å². The Bertz CT molecular complexity index is 350. The van der Waals surface area contributed by atoms with E-state index in [1.807, 2.05) is 26.0 Å². The molecule has 4 nitrogen and oxygen atoms in total. The summed E-state index contributed by atoms with van der Waals surface area (Å²) in [4.78, 5) is 16.4. The van der Waals surface area contributed by atoms with Crippen molar-refractivity contribution in [2.45, 2.75) is 13.8 Å². The predicted molar refractivity (Wildman–Crippen MR) is 58.4 cm³/mol. The number of carbonyl (C=O) groups is 1. The Labute approximate surface area is 89.4 Å². The van der Waals surface area contributed by atoms with Crippen LogP contribution in [-0.4, -0.2) is 19.1 Å². The highest BCUT2D eigenvalue weighted by molar-refractivity contribution is 5.93. The van der Waals surface area contributed by atoms with E-state index in [-0.39, 0.29) is 5.91 Å². The number of hydroxylamine groups is 1. The van der Waals surface area contributed by atoms with Crippen LogP contribution in [0.5, 0.6) is 0 Å². The quantitative estimate of drug-likeness (QED) is 0.571. The first kappa shape index (κ1) is 11.7. The third kappa shape index (κ3) is 3.34. The molecular formula is C11H16N2O2. The highest BCUT2D eigenvalue weighted by atomic mass is 16.6. The molecule has 1 aromatic carbocycles. The molecule has 1 amide bonds. The number of carbonyl (C=O) groups excluding carboxylic acids is 1. The Morgan fingerprint density at radius 2 is 2.13 bits per heavy atom. The summed E-state index contributed by atoms with van der Waals surface area (Å²) in [5, 5.41) is 0. The van der Waals surface area contributed by atoms with Crippen LogP contribution in [-0.2, 0) is 4.84 Å². The van der Waals surface area contributed by atoms with Gasteiger partial charge in [0.1, 0.15) is 0 Å². The van der Waals surface area contributed by atoms with Crippen molar-refractivity contribution < 1.29 is 9.63 Å². The van der Waals surface area contributed by atoms with E-state index in [4.69, 9.17) is 10.6 Å². The van der Waals surface area contributed by atoms with Crippen LogP contribution in [0.1, 0.15) is 21.5 Å². The van der Waals surface area contributed by atoms with Gasteiger partial charge in [0.25, 0.3) is 5.91 Å². The van der Waals surface area contributed by atoms with Gasteiger partial charge in [-0.1, -0.05) is 6.07 Å². The maximum Gasteiger partial charge on any atom is 0.274 e. The maximum absolute atomic E-state index is 11.5. The summed E-state index contributed by atoms with van der Waals surface area (Å²) in [6.45, 7) is 4.67. The summed E-state index contributed by atoms with van der Waals surface area (Å²) in [5.41, 5.74) is 10.4. The van der Waals surface area contributed by atoms with Crippen LogP contribution < -0.4 is 11.2 Å². The average Bonchev–Trinajstić information content (AvgIpc) is 2.22. The van der Waals surface area contributed by atoms with Crippen LogP contribution in [0, 0.1) is 13.8 Å². The van der Waals surface area contributed by atoms with Gasteiger partial charge in [-0.15, -0.1) is 0 Å². The Balaban J connectivity index is 2.62.